The smallest absolute Gasteiger partial charge is 0.250 e. The van der Waals surface area contributed by atoms with Crippen LogP contribution in [-0.2, 0) is 11.3 Å². The molecule has 0 fully saturated rings. The number of nitrogens with one attached hydrogen (secondary N) is 1. The Morgan fingerprint density at radius 1 is 1.38 bits per heavy atom. The molecule has 0 aliphatic carbocycles. The molecule has 2 heterocycles. The van der Waals surface area contributed by atoms with Gasteiger partial charge in [0.25, 0.3) is 0 Å². The maximum atomic E-state index is 12.3. The molecule has 3 aromatic rings. The van der Waals surface area contributed by atoms with E-state index in [4.69, 9.17) is 11.6 Å². The minimum absolute atomic E-state index is 0.161. The molecule has 124 valence electrons. The van der Waals surface area contributed by atoms with E-state index < -0.39 is 6.04 Å². The minimum Gasteiger partial charge on any atom is -0.307 e. The van der Waals surface area contributed by atoms with E-state index in [0.29, 0.717) is 17.4 Å². The lowest BCUT2D eigenvalue weighted by molar-refractivity contribution is -0.119. The Labute approximate surface area is 145 Å². The second-order valence-electron chi connectivity index (χ2n) is 5.69. The van der Waals surface area contributed by atoms with Crippen LogP contribution in [0.2, 0.25) is 5.02 Å². The predicted octanol–water partition coefficient (Wildman–Crippen LogP) is 3.29. The first-order valence-electron chi connectivity index (χ1n) is 7.61. The highest BCUT2D eigenvalue weighted by Crippen LogP contribution is 2.14. The van der Waals surface area contributed by atoms with Crippen molar-refractivity contribution in [1.29, 1.82) is 0 Å². The highest BCUT2D eigenvalue weighted by molar-refractivity contribution is 6.30. The van der Waals surface area contributed by atoms with E-state index in [1.807, 2.05) is 43.6 Å². The number of hydrogen-bond acceptors (Lipinski definition) is 3. The number of benzene rings is 1. The van der Waals surface area contributed by atoms with Gasteiger partial charge in [-0.25, -0.2) is 0 Å². The maximum absolute atomic E-state index is 12.3. The van der Waals surface area contributed by atoms with E-state index in [2.05, 4.69) is 15.5 Å². The number of halogens is 1. The van der Waals surface area contributed by atoms with E-state index in [1.54, 1.807) is 28.6 Å². The first-order valence-corrected chi connectivity index (χ1v) is 7.98. The van der Waals surface area contributed by atoms with Crippen molar-refractivity contribution in [2.45, 2.75) is 26.4 Å². The molecule has 3 rings (SSSR count). The van der Waals surface area contributed by atoms with Crippen LogP contribution in [0.4, 0.5) is 5.82 Å². The summed E-state index contributed by atoms with van der Waals surface area (Å²) in [7, 11) is 0. The Morgan fingerprint density at radius 2 is 2.21 bits per heavy atom. The van der Waals surface area contributed by atoms with Gasteiger partial charge in [-0.1, -0.05) is 23.7 Å². The molecule has 1 amide bonds. The second-order valence-corrected chi connectivity index (χ2v) is 6.13. The Bertz CT molecular complexity index is 854. The fraction of sp³-hybridized carbons (Fsp3) is 0.235. The van der Waals surface area contributed by atoms with Gasteiger partial charge in [0.15, 0.2) is 5.82 Å². The average Bonchev–Trinajstić information content (AvgIpc) is 3.16. The van der Waals surface area contributed by atoms with Crippen molar-refractivity contribution in [2.75, 3.05) is 5.32 Å². The van der Waals surface area contributed by atoms with Crippen molar-refractivity contribution in [3.63, 3.8) is 0 Å². The highest BCUT2D eigenvalue weighted by atomic mass is 35.5. The second kappa shape index (κ2) is 6.88. The summed E-state index contributed by atoms with van der Waals surface area (Å²) in [6.45, 7) is 4.32. The van der Waals surface area contributed by atoms with E-state index in [9.17, 15) is 4.79 Å². The molecule has 0 radical (unpaired) electrons. The number of carbonyl (C=O) groups is 1. The molecular weight excluding hydrogens is 326 g/mol. The van der Waals surface area contributed by atoms with Gasteiger partial charge in [-0.05, 0) is 37.1 Å². The summed E-state index contributed by atoms with van der Waals surface area (Å²) in [6.07, 6.45) is 5.38. The fourth-order valence-electron chi connectivity index (χ4n) is 2.33. The van der Waals surface area contributed by atoms with Crippen molar-refractivity contribution in [2.24, 2.45) is 0 Å². The molecule has 0 saturated carbocycles. The Hall–Kier alpha value is -2.60. The monoisotopic (exact) mass is 343 g/mol. The molecule has 7 heteroatoms. The molecule has 0 spiro atoms. The summed E-state index contributed by atoms with van der Waals surface area (Å²) in [5, 5.41) is 12.0. The Kier molecular flexibility index (Phi) is 4.66. The molecule has 1 atom stereocenters. The van der Waals surface area contributed by atoms with Crippen LogP contribution in [0.25, 0.3) is 0 Å². The molecule has 6 nitrogen and oxygen atoms in total. The Balaban J connectivity index is 1.64. The summed E-state index contributed by atoms with van der Waals surface area (Å²) in [5.74, 6) is 0.351. The summed E-state index contributed by atoms with van der Waals surface area (Å²) in [6, 6.07) is 8.97. The molecule has 1 N–H and O–H groups in total. The summed E-state index contributed by atoms with van der Waals surface area (Å²) in [4.78, 5) is 12.3. The van der Waals surface area contributed by atoms with Gasteiger partial charge in [0.2, 0.25) is 5.91 Å². The number of aryl methyl sites for hydroxylation is 1. The number of amides is 1. The van der Waals surface area contributed by atoms with E-state index >= 15 is 0 Å². The zero-order valence-electron chi connectivity index (χ0n) is 13.5. The van der Waals surface area contributed by atoms with Gasteiger partial charge < -0.3 is 5.32 Å². The van der Waals surface area contributed by atoms with Gasteiger partial charge in [-0.2, -0.15) is 10.2 Å². The minimum atomic E-state index is -0.406. The lowest BCUT2D eigenvalue weighted by Crippen LogP contribution is -2.24. The zero-order valence-corrected chi connectivity index (χ0v) is 14.2. The van der Waals surface area contributed by atoms with Crippen molar-refractivity contribution in [3.8, 4) is 0 Å². The van der Waals surface area contributed by atoms with Crippen LogP contribution in [0.3, 0.4) is 0 Å². The number of hydrogen-bond donors (Lipinski definition) is 1. The van der Waals surface area contributed by atoms with Gasteiger partial charge >= 0.3 is 0 Å². The third-order valence-corrected chi connectivity index (χ3v) is 3.87. The van der Waals surface area contributed by atoms with E-state index in [0.717, 1.165) is 11.1 Å². The van der Waals surface area contributed by atoms with Crippen LogP contribution in [0.1, 0.15) is 24.1 Å². The third kappa shape index (κ3) is 3.83. The third-order valence-electron chi connectivity index (χ3n) is 3.63. The van der Waals surface area contributed by atoms with Gasteiger partial charge in [-0.15, -0.1) is 0 Å². The first-order chi connectivity index (χ1) is 11.5. The van der Waals surface area contributed by atoms with Gasteiger partial charge in [0.1, 0.15) is 6.04 Å². The average molecular weight is 344 g/mol. The SMILES string of the molecule is Cc1cnn(C(C)C(=O)Nc2ccn(Cc3cccc(Cl)c3)n2)c1. The predicted molar refractivity (Wildman–Crippen MR) is 93.1 cm³/mol. The molecule has 0 bridgehead atoms. The van der Waals surface area contributed by atoms with Crippen LogP contribution in [0.15, 0.2) is 48.9 Å². The number of carbonyl (C=O) groups excluding carboxylic acids is 1. The molecule has 0 saturated heterocycles. The standard InChI is InChI=1S/C17H18ClN5O/c1-12-9-19-23(10-12)13(2)17(24)20-16-6-7-22(21-16)11-14-4-3-5-15(18)8-14/h3-10,13H,11H2,1-2H3,(H,20,21,24). The maximum Gasteiger partial charge on any atom is 0.250 e. The van der Waals surface area contributed by atoms with Crippen LogP contribution < -0.4 is 5.32 Å². The van der Waals surface area contributed by atoms with Gasteiger partial charge in [0, 0.05) is 23.5 Å². The zero-order chi connectivity index (χ0) is 17.1. The number of nitrogens with zero attached hydrogens (tertiary/aromatic N) is 4. The van der Waals surface area contributed by atoms with Crippen molar-refractivity contribution < 1.29 is 4.79 Å². The molecule has 1 aromatic carbocycles. The summed E-state index contributed by atoms with van der Waals surface area (Å²) in [5.41, 5.74) is 2.06. The number of aromatic nitrogens is 4. The quantitative estimate of drug-likeness (QED) is 0.773. The molecular formula is C17H18ClN5O. The highest BCUT2D eigenvalue weighted by Gasteiger charge is 2.16. The van der Waals surface area contributed by atoms with E-state index in [-0.39, 0.29) is 5.91 Å². The topological polar surface area (TPSA) is 64.7 Å². The van der Waals surface area contributed by atoms with E-state index in [1.165, 1.54) is 0 Å². The van der Waals surface area contributed by atoms with Crippen LogP contribution in [0.5, 0.6) is 0 Å². The van der Waals surface area contributed by atoms with Gasteiger partial charge in [-0.3, -0.25) is 14.2 Å². The molecule has 1 unspecified atom stereocenters. The lowest BCUT2D eigenvalue weighted by atomic mass is 10.2. The fourth-order valence-corrected chi connectivity index (χ4v) is 2.55. The Morgan fingerprint density at radius 3 is 2.92 bits per heavy atom. The van der Waals surface area contributed by atoms with Gasteiger partial charge in [0.05, 0.1) is 12.7 Å². The van der Waals surface area contributed by atoms with Crippen LogP contribution in [-0.4, -0.2) is 25.5 Å². The van der Waals surface area contributed by atoms with Crippen LogP contribution >= 0.6 is 11.6 Å². The number of rotatable bonds is 5. The molecule has 0 aliphatic heterocycles. The van der Waals surface area contributed by atoms with Crippen molar-refractivity contribution >= 4 is 23.3 Å². The van der Waals surface area contributed by atoms with Crippen molar-refractivity contribution in [1.82, 2.24) is 19.6 Å². The largest absolute Gasteiger partial charge is 0.307 e. The lowest BCUT2D eigenvalue weighted by Gasteiger charge is -2.11. The molecule has 0 aliphatic rings. The number of anilines is 1. The van der Waals surface area contributed by atoms with Crippen LogP contribution in [0, 0.1) is 6.92 Å². The summed E-state index contributed by atoms with van der Waals surface area (Å²) >= 11 is 5.98. The molecule has 24 heavy (non-hydrogen) atoms. The molecule has 2 aromatic heterocycles. The normalized spacial score (nSPS) is 12.1. The summed E-state index contributed by atoms with van der Waals surface area (Å²) < 4.78 is 3.39. The first kappa shape index (κ1) is 16.3. The van der Waals surface area contributed by atoms with Crippen molar-refractivity contribution in [3.05, 3.63) is 65.1 Å².